The number of carbonyl (C=O) groups is 2. The fourth-order valence-corrected chi connectivity index (χ4v) is 3.72. The molecule has 1 atom stereocenters. The fraction of sp³-hybridized carbons (Fsp3) is 0.650. The molecule has 2 aliphatic rings. The normalized spacial score (nSPS) is 21.7. The number of amides is 2. The first kappa shape index (κ1) is 19.8. The molecule has 0 spiro atoms. The average molecular weight is 374 g/mol. The van der Waals surface area contributed by atoms with Crippen LogP contribution in [0, 0.1) is 0 Å². The summed E-state index contributed by atoms with van der Waals surface area (Å²) in [7, 11) is 2.09. The van der Waals surface area contributed by atoms with Gasteiger partial charge in [0, 0.05) is 51.4 Å². The molecule has 0 unspecified atom stereocenters. The highest BCUT2D eigenvalue weighted by atomic mass is 16.5. The Balaban J connectivity index is 1.54. The van der Waals surface area contributed by atoms with Gasteiger partial charge in [-0.1, -0.05) is 0 Å². The molecular formula is C20H30N4O3. The molecule has 1 aromatic heterocycles. The molecule has 0 aromatic carbocycles. The van der Waals surface area contributed by atoms with E-state index in [0.717, 1.165) is 38.2 Å². The molecule has 0 saturated carbocycles. The van der Waals surface area contributed by atoms with Gasteiger partial charge >= 0.3 is 0 Å². The van der Waals surface area contributed by atoms with Crippen molar-refractivity contribution in [1.82, 2.24) is 19.7 Å². The van der Waals surface area contributed by atoms with E-state index in [4.69, 9.17) is 4.74 Å². The summed E-state index contributed by atoms with van der Waals surface area (Å²) in [4.78, 5) is 35.6. The van der Waals surface area contributed by atoms with Crippen LogP contribution in [-0.4, -0.2) is 90.5 Å². The number of rotatable bonds is 5. The molecule has 3 heterocycles. The van der Waals surface area contributed by atoms with Gasteiger partial charge in [0.25, 0.3) is 0 Å². The topological polar surface area (TPSA) is 66.0 Å². The Bertz CT molecular complexity index is 625. The van der Waals surface area contributed by atoms with Crippen molar-refractivity contribution in [2.24, 2.45) is 0 Å². The molecular weight excluding hydrogens is 344 g/mol. The number of hydrogen-bond acceptors (Lipinski definition) is 5. The third kappa shape index (κ3) is 5.74. The van der Waals surface area contributed by atoms with E-state index in [1.165, 1.54) is 0 Å². The van der Waals surface area contributed by atoms with Crippen molar-refractivity contribution in [1.29, 1.82) is 0 Å². The first-order chi connectivity index (χ1) is 13.1. The van der Waals surface area contributed by atoms with Gasteiger partial charge in [-0.05, 0) is 44.1 Å². The zero-order chi connectivity index (χ0) is 19.1. The van der Waals surface area contributed by atoms with Crippen molar-refractivity contribution in [2.75, 3.05) is 53.0 Å². The van der Waals surface area contributed by atoms with Crippen molar-refractivity contribution in [3.8, 4) is 0 Å². The molecule has 2 fully saturated rings. The molecule has 0 radical (unpaired) electrons. The number of hydrogen-bond donors (Lipinski definition) is 0. The minimum Gasteiger partial charge on any atom is -0.377 e. The third-order valence-corrected chi connectivity index (χ3v) is 5.41. The Labute approximate surface area is 161 Å². The average Bonchev–Trinajstić information content (AvgIpc) is 2.92. The first-order valence-corrected chi connectivity index (χ1v) is 9.86. The molecule has 7 nitrogen and oxygen atoms in total. The Kier molecular flexibility index (Phi) is 7.18. The lowest BCUT2D eigenvalue weighted by Gasteiger charge is -2.36. The Morgan fingerprint density at radius 1 is 1.11 bits per heavy atom. The Morgan fingerprint density at radius 3 is 2.74 bits per heavy atom. The smallest absolute Gasteiger partial charge is 0.224 e. The molecule has 3 rings (SSSR count). The summed E-state index contributed by atoms with van der Waals surface area (Å²) in [6.07, 6.45) is 5.98. The monoisotopic (exact) mass is 374 g/mol. The van der Waals surface area contributed by atoms with Gasteiger partial charge < -0.3 is 19.4 Å². The first-order valence-electron chi connectivity index (χ1n) is 9.86. The van der Waals surface area contributed by atoms with Gasteiger partial charge in [0.1, 0.15) is 0 Å². The van der Waals surface area contributed by atoms with Gasteiger partial charge in [-0.2, -0.15) is 0 Å². The van der Waals surface area contributed by atoms with Crippen molar-refractivity contribution >= 4 is 11.8 Å². The molecule has 0 bridgehead atoms. The van der Waals surface area contributed by atoms with Crippen LogP contribution in [0.4, 0.5) is 0 Å². The molecule has 1 aromatic rings. The van der Waals surface area contributed by atoms with Crippen LogP contribution in [0.3, 0.4) is 0 Å². The summed E-state index contributed by atoms with van der Waals surface area (Å²) in [6.45, 7) is 5.04. The molecule has 7 heteroatoms. The predicted molar refractivity (Wildman–Crippen MR) is 102 cm³/mol. The summed E-state index contributed by atoms with van der Waals surface area (Å²) in [5, 5.41) is 0. The van der Waals surface area contributed by atoms with E-state index >= 15 is 0 Å². The van der Waals surface area contributed by atoms with Crippen LogP contribution in [0.2, 0.25) is 0 Å². The molecule has 2 amide bonds. The van der Waals surface area contributed by atoms with Crippen molar-refractivity contribution in [3.05, 3.63) is 30.1 Å². The summed E-state index contributed by atoms with van der Waals surface area (Å²) in [5.41, 5.74) is 1.10. The minimum atomic E-state index is -0.155. The molecule has 0 N–H and O–H groups in total. The number of carbonyl (C=O) groups excluding carboxylic acids is 2. The van der Waals surface area contributed by atoms with E-state index in [-0.39, 0.29) is 17.9 Å². The second-order valence-corrected chi connectivity index (χ2v) is 7.41. The zero-order valence-electron chi connectivity index (χ0n) is 16.2. The third-order valence-electron chi connectivity index (χ3n) is 5.41. The van der Waals surface area contributed by atoms with Crippen molar-refractivity contribution in [3.63, 3.8) is 0 Å². The highest BCUT2D eigenvalue weighted by Gasteiger charge is 2.30. The Hall–Kier alpha value is -1.99. The number of likely N-dealkylation sites (N-methyl/N-ethyl adjacent to an activating group) is 1. The van der Waals surface area contributed by atoms with Crippen LogP contribution < -0.4 is 0 Å². The largest absolute Gasteiger partial charge is 0.377 e. The van der Waals surface area contributed by atoms with Gasteiger partial charge in [0.05, 0.1) is 19.3 Å². The van der Waals surface area contributed by atoms with E-state index in [0.29, 0.717) is 39.0 Å². The van der Waals surface area contributed by atoms with Crippen molar-refractivity contribution in [2.45, 2.75) is 31.7 Å². The maximum absolute atomic E-state index is 12.8. The molecule has 27 heavy (non-hydrogen) atoms. The van der Waals surface area contributed by atoms with Gasteiger partial charge in [0.2, 0.25) is 11.8 Å². The maximum atomic E-state index is 12.8. The van der Waals surface area contributed by atoms with E-state index in [1.54, 1.807) is 12.4 Å². The lowest BCUT2D eigenvalue weighted by molar-refractivity contribution is -0.143. The van der Waals surface area contributed by atoms with Crippen LogP contribution >= 0.6 is 0 Å². The lowest BCUT2D eigenvalue weighted by atomic mass is 10.1. The molecule has 2 saturated heterocycles. The number of pyridine rings is 1. The fourth-order valence-electron chi connectivity index (χ4n) is 3.72. The van der Waals surface area contributed by atoms with Crippen molar-refractivity contribution < 1.29 is 14.3 Å². The van der Waals surface area contributed by atoms with Crippen LogP contribution in [-0.2, 0) is 20.7 Å². The second-order valence-electron chi connectivity index (χ2n) is 7.41. The van der Waals surface area contributed by atoms with Gasteiger partial charge in [-0.15, -0.1) is 0 Å². The van der Waals surface area contributed by atoms with E-state index in [9.17, 15) is 9.59 Å². The summed E-state index contributed by atoms with van der Waals surface area (Å²) >= 11 is 0. The van der Waals surface area contributed by atoms with Crippen LogP contribution in [0.5, 0.6) is 0 Å². The number of aromatic nitrogens is 1. The minimum absolute atomic E-state index is 0.100. The molecule has 148 valence electrons. The van der Waals surface area contributed by atoms with Gasteiger partial charge in [-0.25, -0.2) is 0 Å². The number of morpholine rings is 1. The molecule has 2 aliphatic heterocycles. The summed E-state index contributed by atoms with van der Waals surface area (Å²) in [5.74, 6) is 0.233. The highest BCUT2D eigenvalue weighted by Crippen LogP contribution is 2.16. The standard InChI is InChI=1S/C20H30N4O3/c1-22-9-2-10-23(12-11-22)20(26)15-18-16-27-14-13-24(18)19(25)4-3-17-5-7-21-8-6-17/h5-8,18H,2-4,9-16H2,1H3/t18-/m1/s1. The molecule has 0 aliphatic carbocycles. The van der Waals surface area contributed by atoms with Crippen LogP contribution in [0.25, 0.3) is 0 Å². The maximum Gasteiger partial charge on any atom is 0.224 e. The lowest BCUT2D eigenvalue weighted by Crippen LogP contribution is -2.51. The Morgan fingerprint density at radius 2 is 1.93 bits per heavy atom. The SMILES string of the molecule is CN1CCCN(C(=O)C[C@@H]2COCCN2C(=O)CCc2ccncc2)CC1. The van der Waals surface area contributed by atoms with Crippen LogP contribution in [0.1, 0.15) is 24.8 Å². The quantitative estimate of drug-likeness (QED) is 0.763. The second kappa shape index (κ2) is 9.80. The summed E-state index contributed by atoms with van der Waals surface area (Å²) in [6, 6.07) is 3.71. The highest BCUT2D eigenvalue weighted by molar-refractivity contribution is 5.80. The van der Waals surface area contributed by atoms with Gasteiger partial charge in [0.15, 0.2) is 0 Å². The van der Waals surface area contributed by atoms with E-state index < -0.39 is 0 Å². The van der Waals surface area contributed by atoms with E-state index in [2.05, 4.69) is 16.9 Å². The van der Waals surface area contributed by atoms with Gasteiger partial charge in [-0.3, -0.25) is 14.6 Å². The van der Waals surface area contributed by atoms with Crippen LogP contribution in [0.15, 0.2) is 24.5 Å². The number of aryl methyl sites for hydroxylation is 1. The predicted octanol–water partition coefficient (Wildman–Crippen LogP) is 0.796. The number of ether oxygens (including phenoxy) is 1. The van der Waals surface area contributed by atoms with E-state index in [1.807, 2.05) is 21.9 Å². The summed E-state index contributed by atoms with van der Waals surface area (Å²) < 4.78 is 5.57. The number of nitrogens with zero attached hydrogens (tertiary/aromatic N) is 4. The zero-order valence-corrected chi connectivity index (χ0v) is 16.2.